The molecule has 1 heterocycles. The van der Waals surface area contributed by atoms with Crippen molar-refractivity contribution >= 4 is 17.5 Å². The highest BCUT2D eigenvalue weighted by atomic mass is 16.5. The van der Waals surface area contributed by atoms with Crippen LogP contribution < -0.4 is 15.8 Å². The van der Waals surface area contributed by atoms with Crippen molar-refractivity contribution in [2.24, 2.45) is 5.73 Å². The first-order chi connectivity index (χ1) is 7.65. The van der Waals surface area contributed by atoms with Crippen LogP contribution in [0, 0.1) is 11.8 Å². The third-order valence-electron chi connectivity index (χ3n) is 1.94. The average molecular weight is 216 g/mol. The summed E-state index contributed by atoms with van der Waals surface area (Å²) in [6, 6.07) is 4.99. The fourth-order valence-electron chi connectivity index (χ4n) is 1.29. The predicted octanol–water partition coefficient (Wildman–Crippen LogP) is -0.146. The zero-order valence-corrected chi connectivity index (χ0v) is 8.24. The molecular weight excluding hydrogens is 208 g/mol. The summed E-state index contributed by atoms with van der Waals surface area (Å²) in [5.74, 6) is 4.47. The van der Waals surface area contributed by atoms with E-state index in [1.54, 1.807) is 18.2 Å². The molecular formula is C11H8N2O3. The number of rotatable bonds is 0. The standard InChI is InChI=1S/C11H8N2O3/c12-10(14)4-2-7-1-3-9-8(5-7)13-11(15)6-16-9/h1,3,5H,6H2,(H2,12,14)(H,13,15). The Bertz CT molecular complexity index is 526. The molecule has 0 atom stereocenters. The van der Waals surface area contributed by atoms with Gasteiger partial charge in [-0.25, -0.2) is 0 Å². The molecule has 0 unspecified atom stereocenters. The smallest absolute Gasteiger partial charge is 0.293 e. The van der Waals surface area contributed by atoms with E-state index >= 15 is 0 Å². The molecule has 0 bridgehead atoms. The molecule has 5 heteroatoms. The molecule has 2 amide bonds. The van der Waals surface area contributed by atoms with Gasteiger partial charge in [-0.2, -0.15) is 0 Å². The van der Waals surface area contributed by atoms with Crippen LogP contribution in [0.5, 0.6) is 5.75 Å². The third kappa shape index (κ3) is 2.12. The van der Waals surface area contributed by atoms with Gasteiger partial charge in [-0.05, 0) is 24.1 Å². The lowest BCUT2D eigenvalue weighted by Crippen LogP contribution is -2.25. The molecule has 0 saturated carbocycles. The van der Waals surface area contributed by atoms with Crippen LogP contribution in [0.25, 0.3) is 0 Å². The Morgan fingerprint density at radius 2 is 2.31 bits per heavy atom. The van der Waals surface area contributed by atoms with Gasteiger partial charge in [0.05, 0.1) is 5.69 Å². The molecule has 0 radical (unpaired) electrons. The fraction of sp³-hybridized carbons (Fsp3) is 0.0909. The van der Waals surface area contributed by atoms with Crippen LogP contribution in [0.2, 0.25) is 0 Å². The first kappa shape index (κ1) is 10.1. The first-order valence-electron chi connectivity index (χ1n) is 4.53. The fourth-order valence-corrected chi connectivity index (χ4v) is 1.29. The number of primary amides is 1. The van der Waals surface area contributed by atoms with Gasteiger partial charge in [-0.1, -0.05) is 5.92 Å². The zero-order chi connectivity index (χ0) is 11.5. The Hall–Kier alpha value is -2.48. The third-order valence-corrected chi connectivity index (χ3v) is 1.94. The second kappa shape index (κ2) is 3.95. The van der Waals surface area contributed by atoms with Gasteiger partial charge in [0.1, 0.15) is 5.75 Å². The number of fused-ring (bicyclic) bond motifs is 1. The number of benzene rings is 1. The normalized spacial score (nSPS) is 12.6. The van der Waals surface area contributed by atoms with Gasteiger partial charge in [0.2, 0.25) is 0 Å². The predicted molar refractivity (Wildman–Crippen MR) is 56.6 cm³/mol. The molecule has 1 aliphatic heterocycles. The maximum atomic E-state index is 11.1. The second-order valence-corrected chi connectivity index (χ2v) is 3.16. The molecule has 0 spiro atoms. The number of carbonyl (C=O) groups excluding carboxylic acids is 2. The summed E-state index contributed by atoms with van der Waals surface area (Å²) < 4.78 is 5.16. The maximum absolute atomic E-state index is 11.1. The topological polar surface area (TPSA) is 81.4 Å². The summed E-state index contributed by atoms with van der Waals surface area (Å²) in [6.45, 7) is 0.0132. The van der Waals surface area contributed by atoms with Crippen molar-refractivity contribution < 1.29 is 14.3 Å². The minimum Gasteiger partial charge on any atom is -0.482 e. The molecule has 80 valence electrons. The average Bonchev–Trinajstić information content (AvgIpc) is 2.25. The van der Waals surface area contributed by atoms with Crippen molar-refractivity contribution in [2.45, 2.75) is 0 Å². The minimum atomic E-state index is -0.696. The van der Waals surface area contributed by atoms with Gasteiger partial charge in [0.15, 0.2) is 6.61 Å². The molecule has 0 saturated heterocycles. The molecule has 0 fully saturated rings. The second-order valence-electron chi connectivity index (χ2n) is 3.16. The van der Waals surface area contributed by atoms with Crippen LogP contribution in [-0.2, 0) is 9.59 Å². The molecule has 0 aromatic heterocycles. The number of anilines is 1. The Kier molecular flexibility index (Phi) is 2.48. The van der Waals surface area contributed by atoms with Gasteiger partial charge < -0.3 is 15.8 Å². The van der Waals surface area contributed by atoms with Crippen molar-refractivity contribution in [3.63, 3.8) is 0 Å². The highest BCUT2D eigenvalue weighted by Crippen LogP contribution is 2.27. The monoisotopic (exact) mass is 216 g/mol. The maximum Gasteiger partial charge on any atom is 0.293 e. The van der Waals surface area contributed by atoms with E-state index in [4.69, 9.17) is 10.5 Å². The van der Waals surface area contributed by atoms with Crippen molar-refractivity contribution in [1.82, 2.24) is 0 Å². The lowest BCUT2D eigenvalue weighted by Gasteiger charge is -2.17. The van der Waals surface area contributed by atoms with Crippen LogP contribution in [-0.4, -0.2) is 18.4 Å². The minimum absolute atomic E-state index is 0.0132. The number of nitrogens with one attached hydrogen (secondary N) is 1. The summed E-state index contributed by atoms with van der Waals surface area (Å²) in [5, 5.41) is 2.64. The van der Waals surface area contributed by atoms with E-state index in [0.29, 0.717) is 17.0 Å². The van der Waals surface area contributed by atoms with Gasteiger partial charge in [0, 0.05) is 5.56 Å². The van der Waals surface area contributed by atoms with E-state index in [-0.39, 0.29) is 12.5 Å². The number of hydrogen-bond acceptors (Lipinski definition) is 3. The summed E-state index contributed by atoms with van der Waals surface area (Å²) >= 11 is 0. The van der Waals surface area contributed by atoms with E-state index in [9.17, 15) is 9.59 Å². The summed E-state index contributed by atoms with van der Waals surface area (Å²) in [6.07, 6.45) is 0. The van der Waals surface area contributed by atoms with E-state index in [2.05, 4.69) is 17.2 Å². The molecule has 1 aromatic rings. The van der Waals surface area contributed by atoms with Crippen LogP contribution in [0.15, 0.2) is 18.2 Å². The zero-order valence-electron chi connectivity index (χ0n) is 8.24. The summed E-state index contributed by atoms with van der Waals surface area (Å²) in [5.41, 5.74) is 6.03. The summed E-state index contributed by atoms with van der Waals surface area (Å²) in [4.78, 5) is 21.5. The van der Waals surface area contributed by atoms with Gasteiger partial charge in [-0.3, -0.25) is 9.59 Å². The van der Waals surface area contributed by atoms with Crippen LogP contribution in [0.1, 0.15) is 5.56 Å². The van der Waals surface area contributed by atoms with Gasteiger partial charge >= 0.3 is 0 Å². The number of hydrogen-bond donors (Lipinski definition) is 2. The molecule has 16 heavy (non-hydrogen) atoms. The number of nitrogens with two attached hydrogens (primary N) is 1. The number of ether oxygens (including phenoxy) is 1. The molecule has 0 aliphatic carbocycles. The lowest BCUT2D eigenvalue weighted by atomic mass is 10.1. The van der Waals surface area contributed by atoms with Gasteiger partial charge in [-0.15, -0.1) is 0 Å². The highest BCUT2D eigenvalue weighted by Gasteiger charge is 2.15. The molecule has 1 aromatic carbocycles. The van der Waals surface area contributed by atoms with Crippen LogP contribution in [0.3, 0.4) is 0 Å². The van der Waals surface area contributed by atoms with E-state index in [0.717, 1.165) is 0 Å². The van der Waals surface area contributed by atoms with Crippen LogP contribution >= 0.6 is 0 Å². The van der Waals surface area contributed by atoms with Crippen molar-refractivity contribution in [3.8, 4) is 17.6 Å². The van der Waals surface area contributed by atoms with E-state index in [1.807, 2.05) is 0 Å². The molecule has 5 nitrogen and oxygen atoms in total. The number of carbonyl (C=O) groups is 2. The Balaban J connectivity index is 2.32. The molecule has 1 aliphatic rings. The SMILES string of the molecule is NC(=O)C#Cc1ccc2c(c1)NC(=O)CO2. The Labute approximate surface area is 91.6 Å². The molecule has 2 rings (SSSR count). The van der Waals surface area contributed by atoms with Crippen LogP contribution in [0.4, 0.5) is 5.69 Å². The van der Waals surface area contributed by atoms with Crippen molar-refractivity contribution in [3.05, 3.63) is 23.8 Å². The summed E-state index contributed by atoms with van der Waals surface area (Å²) in [7, 11) is 0. The quantitative estimate of drug-likeness (QED) is 0.592. The first-order valence-corrected chi connectivity index (χ1v) is 4.53. The van der Waals surface area contributed by atoms with Gasteiger partial charge in [0.25, 0.3) is 11.8 Å². The largest absolute Gasteiger partial charge is 0.482 e. The van der Waals surface area contributed by atoms with E-state index < -0.39 is 5.91 Å². The number of amides is 2. The highest BCUT2D eigenvalue weighted by molar-refractivity contribution is 5.96. The lowest BCUT2D eigenvalue weighted by molar-refractivity contribution is -0.118. The van der Waals surface area contributed by atoms with Crippen molar-refractivity contribution in [1.29, 1.82) is 0 Å². The van der Waals surface area contributed by atoms with Crippen molar-refractivity contribution in [2.75, 3.05) is 11.9 Å². The Morgan fingerprint density at radius 1 is 1.50 bits per heavy atom. The molecule has 3 N–H and O–H groups in total. The van der Waals surface area contributed by atoms with E-state index in [1.165, 1.54) is 0 Å². The Morgan fingerprint density at radius 3 is 3.06 bits per heavy atom.